The number of carbonyl (C=O) groups is 1. The molecule has 0 spiro atoms. The molecule has 1 heterocycles. The number of amides is 1. The molecule has 0 radical (unpaired) electrons. The predicted octanol–water partition coefficient (Wildman–Crippen LogP) is 1.90. The second kappa shape index (κ2) is 4.79. The number of anilines is 1. The topological polar surface area (TPSA) is 41.1 Å². The van der Waals surface area contributed by atoms with Crippen molar-refractivity contribution in [3.63, 3.8) is 0 Å². The molecule has 1 aromatic rings. The average Bonchev–Trinajstić information content (AvgIpc) is 2.68. The van der Waals surface area contributed by atoms with Gasteiger partial charge in [0, 0.05) is 12.1 Å². The van der Waals surface area contributed by atoms with Crippen molar-refractivity contribution >= 4 is 11.6 Å². The molecule has 92 valence electrons. The van der Waals surface area contributed by atoms with Crippen LogP contribution in [0.5, 0.6) is 0 Å². The third-order valence-electron chi connectivity index (χ3n) is 3.05. The Labute approximate surface area is 98.2 Å². The van der Waals surface area contributed by atoms with Gasteiger partial charge in [-0.25, -0.2) is 8.78 Å². The van der Waals surface area contributed by atoms with Gasteiger partial charge in [-0.1, -0.05) is 0 Å². The molecule has 1 fully saturated rings. The van der Waals surface area contributed by atoms with Crippen LogP contribution in [0, 0.1) is 17.6 Å². The third-order valence-corrected chi connectivity index (χ3v) is 3.05. The molecule has 3 nitrogen and oxygen atoms in total. The summed E-state index contributed by atoms with van der Waals surface area (Å²) in [5.41, 5.74) is 0.0236. The van der Waals surface area contributed by atoms with Gasteiger partial charge in [-0.2, -0.15) is 0 Å². The molecule has 0 aliphatic carbocycles. The molecule has 1 saturated heterocycles. The Morgan fingerprint density at radius 3 is 2.82 bits per heavy atom. The van der Waals surface area contributed by atoms with E-state index in [1.807, 2.05) is 6.92 Å². The van der Waals surface area contributed by atoms with Crippen LogP contribution in [-0.2, 0) is 4.79 Å². The predicted molar refractivity (Wildman–Crippen MR) is 60.6 cm³/mol. The van der Waals surface area contributed by atoms with E-state index in [1.54, 1.807) is 0 Å². The summed E-state index contributed by atoms with van der Waals surface area (Å²) in [5.74, 6) is -1.80. The first-order valence-corrected chi connectivity index (χ1v) is 5.57. The smallest absolute Gasteiger partial charge is 0.229 e. The lowest BCUT2D eigenvalue weighted by atomic mass is 10.0. The van der Waals surface area contributed by atoms with Gasteiger partial charge in [-0.05, 0) is 32.0 Å². The van der Waals surface area contributed by atoms with Gasteiger partial charge in [-0.3, -0.25) is 4.79 Å². The Morgan fingerprint density at radius 1 is 1.47 bits per heavy atom. The number of rotatable bonds is 2. The van der Waals surface area contributed by atoms with E-state index in [0.717, 1.165) is 25.1 Å². The van der Waals surface area contributed by atoms with Crippen molar-refractivity contribution in [3.05, 3.63) is 29.8 Å². The molecule has 2 N–H and O–H groups in total. The summed E-state index contributed by atoms with van der Waals surface area (Å²) in [7, 11) is 0. The fraction of sp³-hybridized carbons (Fsp3) is 0.417. The Kier molecular flexibility index (Phi) is 3.38. The van der Waals surface area contributed by atoms with Crippen LogP contribution in [0.2, 0.25) is 0 Å². The van der Waals surface area contributed by atoms with E-state index in [4.69, 9.17) is 0 Å². The lowest BCUT2D eigenvalue weighted by Gasteiger charge is -2.15. The van der Waals surface area contributed by atoms with E-state index < -0.39 is 11.6 Å². The fourth-order valence-corrected chi connectivity index (χ4v) is 2.03. The van der Waals surface area contributed by atoms with Crippen molar-refractivity contribution in [1.82, 2.24) is 5.32 Å². The lowest BCUT2D eigenvalue weighted by Crippen LogP contribution is -2.32. The minimum absolute atomic E-state index is 0.0236. The molecule has 2 rings (SSSR count). The van der Waals surface area contributed by atoms with Gasteiger partial charge in [0.15, 0.2) is 0 Å². The number of nitrogens with one attached hydrogen (secondary N) is 2. The normalized spacial score (nSPS) is 23.7. The highest BCUT2D eigenvalue weighted by Crippen LogP contribution is 2.20. The van der Waals surface area contributed by atoms with Crippen LogP contribution in [0.15, 0.2) is 18.2 Å². The lowest BCUT2D eigenvalue weighted by molar-refractivity contribution is -0.120. The molecule has 17 heavy (non-hydrogen) atoms. The SMILES string of the molecule is CC1NCCC1C(=O)Nc1ccc(F)cc1F. The van der Waals surface area contributed by atoms with Crippen molar-refractivity contribution in [2.24, 2.45) is 5.92 Å². The minimum atomic E-state index is -0.753. The molecule has 1 aliphatic rings. The van der Waals surface area contributed by atoms with Crippen molar-refractivity contribution in [2.45, 2.75) is 19.4 Å². The van der Waals surface area contributed by atoms with Gasteiger partial charge >= 0.3 is 0 Å². The van der Waals surface area contributed by atoms with Crippen molar-refractivity contribution in [2.75, 3.05) is 11.9 Å². The van der Waals surface area contributed by atoms with E-state index >= 15 is 0 Å². The molecule has 1 aromatic carbocycles. The fourth-order valence-electron chi connectivity index (χ4n) is 2.03. The Hall–Kier alpha value is -1.49. The molecule has 2 atom stereocenters. The Morgan fingerprint density at radius 2 is 2.24 bits per heavy atom. The minimum Gasteiger partial charge on any atom is -0.323 e. The summed E-state index contributed by atoms with van der Waals surface area (Å²) in [6.45, 7) is 2.70. The highest BCUT2D eigenvalue weighted by atomic mass is 19.1. The number of benzene rings is 1. The van der Waals surface area contributed by atoms with Crippen LogP contribution in [0.25, 0.3) is 0 Å². The van der Waals surface area contributed by atoms with Crippen molar-refractivity contribution < 1.29 is 13.6 Å². The zero-order valence-corrected chi connectivity index (χ0v) is 9.47. The highest BCUT2D eigenvalue weighted by molar-refractivity contribution is 5.93. The standard InChI is InChI=1S/C12H14F2N2O/c1-7-9(4-5-15-7)12(17)16-11-3-2-8(13)6-10(11)14/h2-3,6-7,9,15H,4-5H2,1H3,(H,16,17). The summed E-state index contributed by atoms with van der Waals surface area (Å²) < 4.78 is 26.0. The molecule has 0 saturated carbocycles. The van der Waals surface area contributed by atoms with Gasteiger partial charge in [0.05, 0.1) is 11.6 Å². The van der Waals surface area contributed by atoms with E-state index in [9.17, 15) is 13.6 Å². The van der Waals surface area contributed by atoms with E-state index in [2.05, 4.69) is 10.6 Å². The van der Waals surface area contributed by atoms with E-state index in [-0.39, 0.29) is 23.6 Å². The first-order valence-electron chi connectivity index (χ1n) is 5.57. The number of hydrogen-bond acceptors (Lipinski definition) is 2. The summed E-state index contributed by atoms with van der Waals surface area (Å²) in [6, 6.07) is 3.19. The molecule has 1 aliphatic heterocycles. The second-order valence-corrected chi connectivity index (χ2v) is 4.25. The van der Waals surface area contributed by atoms with Gasteiger partial charge in [0.2, 0.25) is 5.91 Å². The van der Waals surface area contributed by atoms with Gasteiger partial charge < -0.3 is 10.6 Å². The Balaban J connectivity index is 2.07. The molecule has 0 bridgehead atoms. The van der Waals surface area contributed by atoms with Crippen LogP contribution in [0.3, 0.4) is 0 Å². The molecule has 1 amide bonds. The number of hydrogen-bond donors (Lipinski definition) is 2. The van der Waals surface area contributed by atoms with Crippen LogP contribution >= 0.6 is 0 Å². The largest absolute Gasteiger partial charge is 0.323 e. The number of halogens is 2. The van der Waals surface area contributed by atoms with E-state index in [1.165, 1.54) is 6.07 Å². The van der Waals surface area contributed by atoms with Crippen molar-refractivity contribution in [1.29, 1.82) is 0 Å². The monoisotopic (exact) mass is 240 g/mol. The maximum Gasteiger partial charge on any atom is 0.229 e. The second-order valence-electron chi connectivity index (χ2n) is 4.25. The van der Waals surface area contributed by atoms with Crippen LogP contribution in [0.1, 0.15) is 13.3 Å². The zero-order valence-electron chi connectivity index (χ0n) is 9.47. The van der Waals surface area contributed by atoms with Crippen LogP contribution < -0.4 is 10.6 Å². The quantitative estimate of drug-likeness (QED) is 0.829. The molecular formula is C12H14F2N2O. The molecule has 5 heteroatoms. The summed E-state index contributed by atoms with van der Waals surface area (Å²) in [4.78, 5) is 11.9. The molecule has 0 aromatic heterocycles. The zero-order chi connectivity index (χ0) is 12.4. The average molecular weight is 240 g/mol. The molecule has 2 unspecified atom stereocenters. The summed E-state index contributed by atoms with van der Waals surface area (Å²) in [6.07, 6.45) is 0.732. The Bertz CT molecular complexity index is 437. The van der Waals surface area contributed by atoms with Gasteiger partial charge in [0.25, 0.3) is 0 Å². The van der Waals surface area contributed by atoms with Gasteiger partial charge in [-0.15, -0.1) is 0 Å². The first-order chi connectivity index (χ1) is 8.08. The summed E-state index contributed by atoms with van der Waals surface area (Å²) >= 11 is 0. The number of carbonyl (C=O) groups excluding carboxylic acids is 1. The summed E-state index contributed by atoms with van der Waals surface area (Å²) in [5, 5.41) is 5.63. The van der Waals surface area contributed by atoms with Crippen molar-refractivity contribution in [3.8, 4) is 0 Å². The van der Waals surface area contributed by atoms with E-state index in [0.29, 0.717) is 0 Å². The van der Waals surface area contributed by atoms with Gasteiger partial charge in [0.1, 0.15) is 11.6 Å². The maximum absolute atomic E-state index is 13.3. The third kappa shape index (κ3) is 2.61. The van der Waals surface area contributed by atoms with Crippen LogP contribution in [-0.4, -0.2) is 18.5 Å². The maximum atomic E-state index is 13.3. The first kappa shape index (κ1) is 12.0. The van der Waals surface area contributed by atoms with Crippen LogP contribution in [0.4, 0.5) is 14.5 Å². The highest BCUT2D eigenvalue weighted by Gasteiger charge is 2.29. The molecular weight excluding hydrogens is 226 g/mol.